The van der Waals surface area contributed by atoms with E-state index >= 15 is 0 Å². The zero-order valence-electron chi connectivity index (χ0n) is 11.3. The fourth-order valence-corrected chi connectivity index (χ4v) is 2.12. The number of nitrogens with zero attached hydrogens (tertiary/aromatic N) is 1. The molecule has 0 bridgehead atoms. The normalized spacial score (nSPS) is 10.4. The van der Waals surface area contributed by atoms with E-state index in [1.807, 2.05) is 37.4 Å². The monoisotopic (exact) mass is 264 g/mol. The van der Waals surface area contributed by atoms with Gasteiger partial charge >= 0.3 is 0 Å². The predicted molar refractivity (Wildman–Crippen MR) is 82.1 cm³/mol. The summed E-state index contributed by atoms with van der Waals surface area (Å²) in [5.74, 6) is 1.73. The highest BCUT2D eigenvalue weighted by Gasteiger charge is 1.99. The second-order valence-electron chi connectivity index (χ2n) is 4.60. The van der Waals surface area contributed by atoms with Gasteiger partial charge in [0.1, 0.15) is 18.2 Å². The summed E-state index contributed by atoms with van der Waals surface area (Å²) in [6.07, 6.45) is 1.78. The van der Waals surface area contributed by atoms with Gasteiger partial charge in [-0.3, -0.25) is 0 Å². The van der Waals surface area contributed by atoms with Gasteiger partial charge in [-0.05, 0) is 40.6 Å². The second kappa shape index (κ2) is 5.61. The van der Waals surface area contributed by atoms with E-state index in [1.54, 1.807) is 6.20 Å². The first kappa shape index (κ1) is 12.5. The highest BCUT2D eigenvalue weighted by Crippen LogP contribution is 2.21. The molecule has 1 heterocycles. The van der Waals surface area contributed by atoms with Gasteiger partial charge in [-0.2, -0.15) is 0 Å². The number of aromatic nitrogens is 1. The first-order valence-corrected chi connectivity index (χ1v) is 6.59. The number of anilines is 1. The van der Waals surface area contributed by atoms with Gasteiger partial charge in [-0.1, -0.05) is 30.3 Å². The highest BCUT2D eigenvalue weighted by atomic mass is 16.5. The van der Waals surface area contributed by atoms with Crippen molar-refractivity contribution in [2.45, 2.75) is 6.61 Å². The number of rotatable bonds is 4. The van der Waals surface area contributed by atoms with Crippen LogP contribution in [0.25, 0.3) is 10.8 Å². The van der Waals surface area contributed by atoms with Crippen LogP contribution in [0, 0.1) is 0 Å². The van der Waals surface area contributed by atoms with E-state index in [-0.39, 0.29) is 0 Å². The van der Waals surface area contributed by atoms with Gasteiger partial charge < -0.3 is 10.1 Å². The number of hydrogen-bond acceptors (Lipinski definition) is 3. The van der Waals surface area contributed by atoms with Crippen molar-refractivity contribution in [3.63, 3.8) is 0 Å². The van der Waals surface area contributed by atoms with Crippen LogP contribution in [0.1, 0.15) is 5.56 Å². The molecule has 0 amide bonds. The van der Waals surface area contributed by atoms with Crippen LogP contribution in [-0.2, 0) is 6.61 Å². The molecule has 0 radical (unpaired) electrons. The fourth-order valence-electron chi connectivity index (χ4n) is 2.12. The first-order chi connectivity index (χ1) is 9.85. The molecule has 0 spiro atoms. The summed E-state index contributed by atoms with van der Waals surface area (Å²) >= 11 is 0. The molecule has 0 aliphatic rings. The molecule has 0 saturated heterocycles. The minimum absolute atomic E-state index is 0.537. The van der Waals surface area contributed by atoms with Gasteiger partial charge in [0.25, 0.3) is 0 Å². The predicted octanol–water partition coefficient (Wildman–Crippen LogP) is 3.86. The van der Waals surface area contributed by atoms with Gasteiger partial charge in [-0.15, -0.1) is 0 Å². The lowest BCUT2D eigenvalue weighted by Crippen LogP contribution is -1.98. The smallest absolute Gasteiger partial charge is 0.126 e. The molecule has 1 N–H and O–H groups in total. The van der Waals surface area contributed by atoms with E-state index in [0.717, 1.165) is 17.1 Å². The summed E-state index contributed by atoms with van der Waals surface area (Å²) in [6.45, 7) is 0.537. The van der Waals surface area contributed by atoms with E-state index in [9.17, 15) is 0 Å². The van der Waals surface area contributed by atoms with Crippen molar-refractivity contribution in [2.24, 2.45) is 0 Å². The van der Waals surface area contributed by atoms with Gasteiger partial charge in [0, 0.05) is 13.2 Å². The molecule has 0 saturated carbocycles. The third-order valence-electron chi connectivity index (χ3n) is 3.21. The Morgan fingerprint density at radius 2 is 1.85 bits per heavy atom. The van der Waals surface area contributed by atoms with Crippen LogP contribution in [0.15, 0.2) is 60.8 Å². The van der Waals surface area contributed by atoms with Crippen molar-refractivity contribution in [2.75, 3.05) is 12.4 Å². The van der Waals surface area contributed by atoms with Crippen molar-refractivity contribution in [3.05, 3.63) is 66.4 Å². The summed E-state index contributed by atoms with van der Waals surface area (Å²) in [5.41, 5.74) is 1.09. The molecule has 0 aliphatic carbocycles. The minimum Gasteiger partial charge on any atom is -0.489 e. The van der Waals surface area contributed by atoms with E-state index in [4.69, 9.17) is 4.74 Å². The van der Waals surface area contributed by atoms with E-state index in [2.05, 4.69) is 34.6 Å². The Hall–Kier alpha value is -2.55. The molecule has 20 heavy (non-hydrogen) atoms. The van der Waals surface area contributed by atoms with E-state index in [0.29, 0.717) is 6.61 Å². The molecule has 2 aromatic carbocycles. The molecule has 3 rings (SSSR count). The number of nitrogens with one attached hydrogen (secondary N) is 1. The summed E-state index contributed by atoms with van der Waals surface area (Å²) in [7, 11) is 1.86. The molecule has 3 aromatic rings. The molecule has 0 fully saturated rings. The molecule has 3 heteroatoms. The maximum absolute atomic E-state index is 5.84. The quantitative estimate of drug-likeness (QED) is 0.777. The van der Waals surface area contributed by atoms with Crippen LogP contribution < -0.4 is 10.1 Å². The van der Waals surface area contributed by atoms with Gasteiger partial charge in [0.2, 0.25) is 0 Å². The second-order valence-corrected chi connectivity index (χ2v) is 4.60. The number of ether oxygens (including phenoxy) is 1. The lowest BCUT2D eigenvalue weighted by molar-refractivity contribution is 0.306. The molecule has 1 aromatic heterocycles. The van der Waals surface area contributed by atoms with Gasteiger partial charge in [-0.25, -0.2) is 4.98 Å². The van der Waals surface area contributed by atoms with Crippen LogP contribution in [0.3, 0.4) is 0 Å². The van der Waals surface area contributed by atoms with Crippen LogP contribution >= 0.6 is 0 Å². The third-order valence-corrected chi connectivity index (χ3v) is 3.21. The lowest BCUT2D eigenvalue weighted by Gasteiger charge is -2.08. The summed E-state index contributed by atoms with van der Waals surface area (Å²) < 4.78 is 5.84. The van der Waals surface area contributed by atoms with Crippen molar-refractivity contribution in [1.29, 1.82) is 0 Å². The number of hydrogen-bond donors (Lipinski definition) is 1. The van der Waals surface area contributed by atoms with Gasteiger partial charge in [0.15, 0.2) is 0 Å². The molecule has 100 valence electrons. The Kier molecular flexibility index (Phi) is 3.50. The van der Waals surface area contributed by atoms with Crippen LogP contribution in [0.4, 0.5) is 5.82 Å². The number of fused-ring (bicyclic) bond motifs is 1. The minimum atomic E-state index is 0.537. The first-order valence-electron chi connectivity index (χ1n) is 6.59. The topological polar surface area (TPSA) is 34.1 Å². The molecule has 0 aliphatic heterocycles. The van der Waals surface area contributed by atoms with Gasteiger partial charge in [0.05, 0.1) is 0 Å². The summed E-state index contributed by atoms with van der Waals surface area (Å²) in [4.78, 5) is 4.19. The maximum atomic E-state index is 5.84. The molecule has 3 nitrogen and oxygen atoms in total. The average Bonchev–Trinajstić information content (AvgIpc) is 2.53. The standard InChI is InChI=1S/C17H16N2O/c1-18-17-10-13(8-9-19-17)12-20-16-7-6-14-4-2-3-5-15(14)11-16/h2-11H,12H2,1H3,(H,18,19). The average molecular weight is 264 g/mol. The lowest BCUT2D eigenvalue weighted by atomic mass is 10.1. The van der Waals surface area contributed by atoms with E-state index in [1.165, 1.54) is 10.8 Å². The molecular formula is C17H16N2O. The van der Waals surface area contributed by atoms with E-state index < -0.39 is 0 Å². The maximum Gasteiger partial charge on any atom is 0.126 e. The molecule has 0 atom stereocenters. The number of pyridine rings is 1. The summed E-state index contributed by atoms with van der Waals surface area (Å²) in [6, 6.07) is 18.4. The largest absolute Gasteiger partial charge is 0.489 e. The molecular weight excluding hydrogens is 248 g/mol. The Labute approximate surface area is 118 Å². The molecule has 0 unspecified atom stereocenters. The highest BCUT2D eigenvalue weighted by molar-refractivity contribution is 5.83. The fraction of sp³-hybridized carbons (Fsp3) is 0.118. The van der Waals surface area contributed by atoms with Crippen LogP contribution in [-0.4, -0.2) is 12.0 Å². The van der Waals surface area contributed by atoms with Crippen LogP contribution in [0.5, 0.6) is 5.75 Å². The van der Waals surface area contributed by atoms with Crippen LogP contribution in [0.2, 0.25) is 0 Å². The van der Waals surface area contributed by atoms with Crippen molar-refractivity contribution in [1.82, 2.24) is 4.98 Å². The van der Waals surface area contributed by atoms with Crippen molar-refractivity contribution < 1.29 is 4.74 Å². The zero-order chi connectivity index (χ0) is 13.8. The van der Waals surface area contributed by atoms with Crippen molar-refractivity contribution >= 4 is 16.6 Å². The Morgan fingerprint density at radius 3 is 2.70 bits per heavy atom. The number of benzene rings is 2. The summed E-state index contributed by atoms with van der Waals surface area (Å²) in [5, 5.41) is 5.44. The Morgan fingerprint density at radius 1 is 1.00 bits per heavy atom. The third kappa shape index (κ3) is 2.72. The zero-order valence-corrected chi connectivity index (χ0v) is 11.3. The SMILES string of the molecule is CNc1cc(COc2ccc3ccccc3c2)ccn1. The Balaban J connectivity index is 1.76. The van der Waals surface area contributed by atoms with Crippen molar-refractivity contribution in [3.8, 4) is 5.75 Å². The Bertz CT molecular complexity index is 725.